The largest absolute Gasteiger partial charge is 0.497 e. The van der Waals surface area contributed by atoms with E-state index in [1.807, 2.05) is 66.7 Å². The van der Waals surface area contributed by atoms with Crippen LogP contribution in [-0.4, -0.2) is 12.9 Å². The van der Waals surface area contributed by atoms with Gasteiger partial charge in [0.1, 0.15) is 5.75 Å². The first-order chi connectivity index (χ1) is 10.8. The van der Waals surface area contributed by atoms with Crippen molar-refractivity contribution in [3.63, 3.8) is 0 Å². The van der Waals surface area contributed by atoms with Crippen LogP contribution in [0.1, 0.15) is 15.9 Å². The highest BCUT2D eigenvalue weighted by atomic mass is 16.5. The number of ether oxygens (including phenoxy) is 1. The van der Waals surface area contributed by atoms with Gasteiger partial charge in [-0.15, -0.1) is 0 Å². The van der Waals surface area contributed by atoms with Gasteiger partial charge in [-0.05, 0) is 40.6 Å². The molecule has 2 heteroatoms. The van der Waals surface area contributed by atoms with E-state index in [2.05, 4.69) is 0 Å². The number of carbonyl (C=O) groups is 1. The van der Waals surface area contributed by atoms with Crippen LogP contribution in [0.4, 0.5) is 0 Å². The number of hydrogen-bond acceptors (Lipinski definition) is 2. The van der Waals surface area contributed by atoms with Crippen LogP contribution in [-0.2, 0) is 0 Å². The van der Waals surface area contributed by atoms with Crippen LogP contribution in [0.5, 0.6) is 5.75 Å². The molecule has 22 heavy (non-hydrogen) atoms. The standard InChI is InChI=1S/C20H16O2/c1-22-19-8-4-5-15(13-19)9-12-20(21)18-11-10-16-6-2-3-7-17(16)14-18/h2-14H,1H3/b12-9+. The molecule has 0 amide bonds. The first-order valence-corrected chi connectivity index (χ1v) is 7.11. The minimum absolute atomic E-state index is 0.00595. The van der Waals surface area contributed by atoms with Crippen molar-refractivity contribution in [2.24, 2.45) is 0 Å². The van der Waals surface area contributed by atoms with E-state index in [0.29, 0.717) is 5.56 Å². The number of hydrogen-bond donors (Lipinski definition) is 0. The summed E-state index contributed by atoms with van der Waals surface area (Å²) in [5, 5.41) is 2.21. The van der Waals surface area contributed by atoms with E-state index in [4.69, 9.17) is 4.74 Å². The van der Waals surface area contributed by atoms with Crippen LogP contribution in [0.2, 0.25) is 0 Å². The molecule has 0 N–H and O–H groups in total. The molecular weight excluding hydrogens is 272 g/mol. The van der Waals surface area contributed by atoms with Gasteiger partial charge in [0.15, 0.2) is 5.78 Å². The van der Waals surface area contributed by atoms with Crippen LogP contribution in [0.3, 0.4) is 0 Å². The molecule has 0 atom stereocenters. The summed E-state index contributed by atoms with van der Waals surface area (Å²) in [4.78, 5) is 12.3. The van der Waals surface area contributed by atoms with E-state index in [-0.39, 0.29) is 5.78 Å². The van der Waals surface area contributed by atoms with E-state index < -0.39 is 0 Å². The molecule has 0 unspecified atom stereocenters. The summed E-state index contributed by atoms with van der Waals surface area (Å²) in [6.07, 6.45) is 3.40. The van der Waals surface area contributed by atoms with Crippen molar-refractivity contribution in [3.05, 3.63) is 83.9 Å². The van der Waals surface area contributed by atoms with Crippen LogP contribution in [0, 0.1) is 0 Å². The Labute approximate surface area is 129 Å². The van der Waals surface area contributed by atoms with Gasteiger partial charge >= 0.3 is 0 Å². The minimum Gasteiger partial charge on any atom is -0.497 e. The number of ketones is 1. The Morgan fingerprint density at radius 1 is 0.909 bits per heavy atom. The maximum absolute atomic E-state index is 12.3. The van der Waals surface area contributed by atoms with Crippen LogP contribution in [0.15, 0.2) is 72.8 Å². The van der Waals surface area contributed by atoms with Gasteiger partial charge in [-0.1, -0.05) is 54.6 Å². The third kappa shape index (κ3) is 3.07. The molecule has 3 rings (SSSR count). The monoisotopic (exact) mass is 288 g/mol. The summed E-state index contributed by atoms with van der Waals surface area (Å²) in [6, 6.07) is 21.4. The van der Waals surface area contributed by atoms with E-state index in [9.17, 15) is 4.79 Å². The lowest BCUT2D eigenvalue weighted by atomic mass is 10.0. The van der Waals surface area contributed by atoms with E-state index >= 15 is 0 Å². The SMILES string of the molecule is COc1cccc(/C=C/C(=O)c2ccc3ccccc3c2)c1. The van der Waals surface area contributed by atoms with E-state index in [1.54, 1.807) is 19.3 Å². The Hall–Kier alpha value is -2.87. The molecule has 0 aromatic heterocycles. The number of benzene rings is 3. The molecule has 0 spiro atoms. The molecule has 0 fully saturated rings. The van der Waals surface area contributed by atoms with Gasteiger partial charge in [-0.2, -0.15) is 0 Å². The lowest BCUT2D eigenvalue weighted by Gasteiger charge is -2.01. The molecule has 0 bridgehead atoms. The molecule has 0 aliphatic rings. The first-order valence-electron chi connectivity index (χ1n) is 7.11. The Morgan fingerprint density at radius 2 is 1.73 bits per heavy atom. The lowest BCUT2D eigenvalue weighted by Crippen LogP contribution is -1.93. The summed E-state index contributed by atoms with van der Waals surface area (Å²) in [5.74, 6) is 0.772. The summed E-state index contributed by atoms with van der Waals surface area (Å²) >= 11 is 0. The van der Waals surface area contributed by atoms with Crippen molar-refractivity contribution in [2.45, 2.75) is 0 Å². The van der Waals surface area contributed by atoms with Crippen LogP contribution >= 0.6 is 0 Å². The Kier molecular flexibility index (Phi) is 4.01. The van der Waals surface area contributed by atoms with Gasteiger partial charge in [0.25, 0.3) is 0 Å². The van der Waals surface area contributed by atoms with Crippen molar-refractivity contribution in [3.8, 4) is 5.75 Å². The van der Waals surface area contributed by atoms with Gasteiger partial charge in [0.2, 0.25) is 0 Å². The minimum atomic E-state index is -0.00595. The fraction of sp³-hybridized carbons (Fsp3) is 0.0500. The molecule has 0 saturated carbocycles. The van der Waals surface area contributed by atoms with Gasteiger partial charge in [-0.3, -0.25) is 4.79 Å². The van der Waals surface area contributed by atoms with E-state index in [1.165, 1.54) is 0 Å². The average molecular weight is 288 g/mol. The zero-order chi connectivity index (χ0) is 15.4. The van der Waals surface area contributed by atoms with Crippen LogP contribution in [0.25, 0.3) is 16.8 Å². The highest BCUT2D eigenvalue weighted by molar-refractivity contribution is 6.08. The second-order valence-corrected chi connectivity index (χ2v) is 5.04. The predicted molar refractivity (Wildman–Crippen MR) is 90.3 cm³/mol. The lowest BCUT2D eigenvalue weighted by molar-refractivity contribution is 0.104. The van der Waals surface area contributed by atoms with Crippen LogP contribution < -0.4 is 4.74 Å². The molecule has 0 heterocycles. The van der Waals surface area contributed by atoms with Gasteiger partial charge in [0.05, 0.1) is 7.11 Å². The molecule has 0 saturated heterocycles. The molecular formula is C20H16O2. The summed E-state index contributed by atoms with van der Waals surface area (Å²) < 4.78 is 5.18. The fourth-order valence-electron chi connectivity index (χ4n) is 2.36. The number of carbonyl (C=O) groups excluding carboxylic acids is 1. The van der Waals surface area contributed by atoms with Gasteiger partial charge in [-0.25, -0.2) is 0 Å². The average Bonchev–Trinajstić information content (AvgIpc) is 2.59. The highest BCUT2D eigenvalue weighted by Gasteiger charge is 2.03. The Morgan fingerprint density at radius 3 is 2.55 bits per heavy atom. The number of methoxy groups -OCH3 is 1. The third-order valence-electron chi connectivity index (χ3n) is 3.55. The quantitative estimate of drug-likeness (QED) is 0.512. The second kappa shape index (κ2) is 6.27. The molecule has 108 valence electrons. The second-order valence-electron chi connectivity index (χ2n) is 5.04. The number of fused-ring (bicyclic) bond motifs is 1. The van der Waals surface area contributed by atoms with Gasteiger partial charge < -0.3 is 4.74 Å². The molecule has 3 aromatic rings. The molecule has 3 aromatic carbocycles. The van der Waals surface area contributed by atoms with Crippen molar-refractivity contribution in [2.75, 3.05) is 7.11 Å². The summed E-state index contributed by atoms with van der Waals surface area (Å²) in [6.45, 7) is 0. The number of rotatable bonds is 4. The topological polar surface area (TPSA) is 26.3 Å². The molecule has 2 nitrogen and oxygen atoms in total. The molecule has 0 radical (unpaired) electrons. The Balaban J connectivity index is 1.84. The van der Waals surface area contributed by atoms with Crippen molar-refractivity contribution >= 4 is 22.6 Å². The zero-order valence-corrected chi connectivity index (χ0v) is 12.3. The summed E-state index contributed by atoms with van der Waals surface area (Å²) in [5.41, 5.74) is 1.63. The maximum Gasteiger partial charge on any atom is 0.185 e. The smallest absolute Gasteiger partial charge is 0.185 e. The highest BCUT2D eigenvalue weighted by Crippen LogP contribution is 2.17. The third-order valence-corrected chi connectivity index (χ3v) is 3.55. The predicted octanol–water partition coefficient (Wildman–Crippen LogP) is 4.74. The van der Waals surface area contributed by atoms with Crippen molar-refractivity contribution in [1.29, 1.82) is 0 Å². The van der Waals surface area contributed by atoms with E-state index in [0.717, 1.165) is 22.1 Å². The first kappa shape index (κ1) is 14.1. The zero-order valence-electron chi connectivity index (χ0n) is 12.3. The summed E-state index contributed by atoms with van der Waals surface area (Å²) in [7, 11) is 1.63. The van der Waals surface area contributed by atoms with Gasteiger partial charge in [0, 0.05) is 5.56 Å². The van der Waals surface area contributed by atoms with Crippen molar-refractivity contribution in [1.82, 2.24) is 0 Å². The number of allylic oxidation sites excluding steroid dienone is 1. The van der Waals surface area contributed by atoms with Crippen molar-refractivity contribution < 1.29 is 9.53 Å². The fourth-order valence-corrected chi connectivity index (χ4v) is 2.36. The normalized spacial score (nSPS) is 11.0. The molecule has 0 aliphatic heterocycles. The maximum atomic E-state index is 12.3. The molecule has 0 aliphatic carbocycles. The Bertz CT molecular complexity index is 847.